The summed E-state index contributed by atoms with van der Waals surface area (Å²) in [4.78, 5) is 28.9. The summed E-state index contributed by atoms with van der Waals surface area (Å²) in [6.45, 7) is 0.318. The lowest BCUT2D eigenvalue weighted by molar-refractivity contribution is 0.0631. The Morgan fingerprint density at radius 1 is 1.42 bits per heavy atom. The molecule has 2 fully saturated rings. The normalized spacial score (nSPS) is 24.0. The minimum absolute atomic E-state index is 0.0976. The van der Waals surface area contributed by atoms with Crippen LogP contribution in [-0.4, -0.2) is 50.8 Å². The lowest BCUT2D eigenvalue weighted by atomic mass is 10.1. The molecule has 24 heavy (non-hydrogen) atoms. The highest BCUT2D eigenvalue weighted by Crippen LogP contribution is 2.31. The van der Waals surface area contributed by atoms with E-state index in [1.165, 1.54) is 4.90 Å². The van der Waals surface area contributed by atoms with Crippen LogP contribution in [0, 0.1) is 5.92 Å². The molecule has 1 unspecified atom stereocenters. The summed E-state index contributed by atoms with van der Waals surface area (Å²) >= 11 is 0. The predicted octanol–water partition coefficient (Wildman–Crippen LogP) is 1.29. The van der Waals surface area contributed by atoms with Crippen molar-refractivity contribution in [1.82, 2.24) is 14.5 Å². The first kappa shape index (κ1) is 15.4. The van der Waals surface area contributed by atoms with Crippen LogP contribution < -0.4 is 5.69 Å². The number of nitrogens with one attached hydrogen (secondary N) is 1. The molecule has 0 spiro atoms. The minimum atomic E-state index is -1.71. The molecule has 2 N–H and O–H groups in total. The fourth-order valence-electron chi connectivity index (χ4n) is 3.36. The Balaban J connectivity index is 1.61. The van der Waals surface area contributed by atoms with Crippen molar-refractivity contribution in [2.24, 2.45) is 5.92 Å². The minimum Gasteiger partial charge on any atom is -0.393 e. The van der Waals surface area contributed by atoms with E-state index in [4.69, 9.17) is 5.11 Å². The number of nitrogens with zero attached hydrogens (tertiary/aromatic N) is 2. The van der Waals surface area contributed by atoms with Gasteiger partial charge in [0.25, 0.3) is 5.91 Å². The van der Waals surface area contributed by atoms with Gasteiger partial charge in [-0.25, -0.2) is 9.18 Å². The van der Waals surface area contributed by atoms with E-state index in [1.807, 2.05) is 0 Å². The Kier molecular flexibility index (Phi) is 3.49. The molecule has 1 atom stereocenters. The Morgan fingerprint density at radius 3 is 2.88 bits per heavy atom. The number of carbonyl (C=O) groups is 1. The standard InChI is InChI=1S/C17H20FN3O3/c18-17(10-22)5-6-20(9-17)15(23)12-3-4-14-13(7-12)19-16(24)21(14)8-11-1-2-11/h3-4,7,11,22H,1-2,5-6,8-10H2,(H,19,24). The van der Waals surface area contributed by atoms with Gasteiger partial charge in [-0.05, 0) is 37.0 Å². The molecule has 128 valence electrons. The molecule has 4 rings (SSSR count). The van der Waals surface area contributed by atoms with Gasteiger partial charge in [-0.1, -0.05) is 0 Å². The van der Waals surface area contributed by atoms with E-state index in [0.717, 1.165) is 18.4 Å². The number of H-pyrrole nitrogens is 1. The van der Waals surface area contributed by atoms with Crippen molar-refractivity contribution < 1.29 is 14.3 Å². The van der Waals surface area contributed by atoms with Crippen LogP contribution in [0.3, 0.4) is 0 Å². The fourth-order valence-corrected chi connectivity index (χ4v) is 3.36. The van der Waals surface area contributed by atoms with Crippen molar-refractivity contribution in [3.05, 3.63) is 34.2 Å². The second-order valence-electron chi connectivity index (χ2n) is 7.00. The molecular weight excluding hydrogens is 313 g/mol. The largest absolute Gasteiger partial charge is 0.393 e. The van der Waals surface area contributed by atoms with Crippen LogP contribution in [0.25, 0.3) is 11.0 Å². The molecule has 2 aliphatic rings. The number of rotatable bonds is 4. The average Bonchev–Trinajstić information content (AvgIpc) is 3.23. The van der Waals surface area contributed by atoms with Crippen molar-refractivity contribution in [2.75, 3.05) is 19.7 Å². The first-order valence-electron chi connectivity index (χ1n) is 8.31. The number of imidazole rings is 1. The molecule has 1 aliphatic carbocycles. The monoisotopic (exact) mass is 333 g/mol. The summed E-state index contributed by atoms with van der Waals surface area (Å²) < 4.78 is 15.8. The molecule has 6 nitrogen and oxygen atoms in total. The van der Waals surface area contributed by atoms with Gasteiger partial charge in [0.05, 0.1) is 24.2 Å². The highest BCUT2D eigenvalue weighted by molar-refractivity contribution is 5.97. The number of alkyl halides is 1. The van der Waals surface area contributed by atoms with Crippen molar-refractivity contribution in [3.8, 4) is 0 Å². The molecule has 1 aliphatic heterocycles. The van der Waals surface area contributed by atoms with E-state index < -0.39 is 12.3 Å². The maximum absolute atomic E-state index is 14.1. The Bertz CT molecular complexity index is 854. The number of likely N-dealkylation sites (tertiary alicyclic amines) is 1. The van der Waals surface area contributed by atoms with Gasteiger partial charge in [-0.3, -0.25) is 9.36 Å². The van der Waals surface area contributed by atoms with Gasteiger partial charge in [0, 0.05) is 25.1 Å². The summed E-state index contributed by atoms with van der Waals surface area (Å²) in [6.07, 6.45) is 2.45. The number of halogens is 1. The van der Waals surface area contributed by atoms with Crippen molar-refractivity contribution >= 4 is 16.9 Å². The number of amides is 1. The summed E-state index contributed by atoms with van der Waals surface area (Å²) in [7, 11) is 0. The van der Waals surface area contributed by atoms with Gasteiger partial charge in [0.2, 0.25) is 0 Å². The Hall–Kier alpha value is -2.15. The van der Waals surface area contributed by atoms with Crippen LogP contribution in [0.2, 0.25) is 0 Å². The summed E-state index contributed by atoms with van der Waals surface area (Å²) in [5.41, 5.74) is -0.0311. The van der Waals surface area contributed by atoms with E-state index >= 15 is 0 Å². The molecule has 1 saturated heterocycles. The average molecular weight is 333 g/mol. The molecule has 1 amide bonds. The molecule has 0 bridgehead atoms. The van der Waals surface area contributed by atoms with Crippen LogP contribution in [0.5, 0.6) is 0 Å². The van der Waals surface area contributed by atoms with Gasteiger partial charge in [0.15, 0.2) is 5.67 Å². The number of benzene rings is 1. The van der Waals surface area contributed by atoms with Gasteiger partial charge in [0.1, 0.15) is 0 Å². The molecule has 2 aromatic rings. The number of aromatic nitrogens is 2. The molecular formula is C17H20FN3O3. The Morgan fingerprint density at radius 2 is 2.21 bits per heavy atom. The highest BCUT2D eigenvalue weighted by atomic mass is 19.1. The van der Waals surface area contributed by atoms with E-state index in [9.17, 15) is 14.0 Å². The summed E-state index contributed by atoms with van der Waals surface area (Å²) in [5, 5.41) is 9.09. The van der Waals surface area contributed by atoms with E-state index in [-0.39, 0.29) is 31.1 Å². The highest BCUT2D eigenvalue weighted by Gasteiger charge is 2.40. The molecule has 1 aromatic heterocycles. The van der Waals surface area contributed by atoms with Crippen molar-refractivity contribution in [3.63, 3.8) is 0 Å². The number of aromatic amines is 1. The zero-order valence-electron chi connectivity index (χ0n) is 13.3. The number of hydrogen-bond donors (Lipinski definition) is 2. The summed E-state index contributed by atoms with van der Waals surface area (Å²) in [5.74, 6) is 0.296. The number of fused-ring (bicyclic) bond motifs is 1. The number of carbonyl (C=O) groups excluding carboxylic acids is 1. The zero-order valence-corrected chi connectivity index (χ0v) is 13.3. The third-order valence-electron chi connectivity index (χ3n) is 5.03. The van der Waals surface area contributed by atoms with Crippen LogP contribution in [0.15, 0.2) is 23.0 Å². The Labute approximate surface area is 137 Å². The van der Waals surface area contributed by atoms with Crippen LogP contribution in [0.1, 0.15) is 29.6 Å². The molecule has 0 radical (unpaired) electrons. The van der Waals surface area contributed by atoms with Gasteiger partial charge in [-0.15, -0.1) is 0 Å². The molecule has 1 aromatic carbocycles. The lowest BCUT2D eigenvalue weighted by Gasteiger charge is -2.19. The molecule has 1 saturated carbocycles. The second kappa shape index (κ2) is 5.44. The fraction of sp³-hybridized carbons (Fsp3) is 0.529. The second-order valence-corrected chi connectivity index (χ2v) is 7.00. The number of aliphatic hydroxyl groups excluding tert-OH is 1. The SMILES string of the molecule is O=C(c1ccc2c(c1)[nH]c(=O)n2CC1CC1)N1CCC(F)(CO)C1. The maximum atomic E-state index is 14.1. The van der Waals surface area contributed by atoms with E-state index in [2.05, 4.69) is 4.98 Å². The van der Waals surface area contributed by atoms with E-state index in [0.29, 0.717) is 23.5 Å². The predicted molar refractivity (Wildman–Crippen MR) is 86.7 cm³/mol. The smallest absolute Gasteiger partial charge is 0.326 e. The summed E-state index contributed by atoms with van der Waals surface area (Å²) in [6, 6.07) is 5.10. The van der Waals surface area contributed by atoms with Gasteiger partial charge < -0.3 is 15.0 Å². The molecule has 7 heteroatoms. The maximum Gasteiger partial charge on any atom is 0.326 e. The van der Waals surface area contributed by atoms with Crippen molar-refractivity contribution in [2.45, 2.75) is 31.5 Å². The third kappa shape index (κ3) is 2.62. The molecule has 2 heterocycles. The van der Waals surface area contributed by atoms with Gasteiger partial charge >= 0.3 is 5.69 Å². The lowest BCUT2D eigenvalue weighted by Crippen LogP contribution is -2.35. The van der Waals surface area contributed by atoms with Crippen LogP contribution in [0.4, 0.5) is 4.39 Å². The number of hydrogen-bond acceptors (Lipinski definition) is 3. The number of aliphatic hydroxyl groups is 1. The van der Waals surface area contributed by atoms with Crippen LogP contribution in [-0.2, 0) is 6.54 Å². The van der Waals surface area contributed by atoms with Crippen LogP contribution >= 0.6 is 0 Å². The first-order valence-corrected chi connectivity index (χ1v) is 8.31. The first-order chi connectivity index (χ1) is 11.5. The van der Waals surface area contributed by atoms with Gasteiger partial charge in [-0.2, -0.15) is 0 Å². The quantitative estimate of drug-likeness (QED) is 0.885. The van der Waals surface area contributed by atoms with Crippen molar-refractivity contribution in [1.29, 1.82) is 0 Å². The van der Waals surface area contributed by atoms with E-state index in [1.54, 1.807) is 22.8 Å². The topological polar surface area (TPSA) is 78.3 Å². The zero-order chi connectivity index (χ0) is 16.9. The third-order valence-corrected chi connectivity index (χ3v) is 5.03.